The predicted molar refractivity (Wildman–Crippen MR) is 77.5 cm³/mol. The minimum atomic E-state index is 0.392. The van der Waals surface area contributed by atoms with Crippen molar-refractivity contribution in [3.63, 3.8) is 0 Å². The highest BCUT2D eigenvalue weighted by Crippen LogP contribution is 2.27. The first-order valence-electron chi connectivity index (χ1n) is 7.06. The van der Waals surface area contributed by atoms with Crippen molar-refractivity contribution in [2.75, 3.05) is 7.05 Å². The van der Waals surface area contributed by atoms with Crippen molar-refractivity contribution in [2.24, 2.45) is 0 Å². The van der Waals surface area contributed by atoms with Crippen LogP contribution >= 0.6 is 0 Å². The van der Waals surface area contributed by atoms with Gasteiger partial charge >= 0.3 is 0 Å². The Morgan fingerprint density at radius 2 is 2.15 bits per heavy atom. The minimum Gasteiger partial charge on any atom is -0.486 e. The van der Waals surface area contributed by atoms with Crippen LogP contribution in [-0.4, -0.2) is 17.0 Å². The molecule has 104 valence electrons. The summed E-state index contributed by atoms with van der Waals surface area (Å²) in [6, 6.07) is 10.2. The summed E-state index contributed by atoms with van der Waals surface area (Å²) in [5.41, 5.74) is 2.40. The molecule has 1 aromatic carbocycles. The number of para-hydroxylation sites is 1. The van der Waals surface area contributed by atoms with E-state index in [0.29, 0.717) is 12.6 Å². The summed E-state index contributed by atoms with van der Waals surface area (Å²) >= 11 is 0. The zero-order chi connectivity index (χ0) is 13.8. The third kappa shape index (κ3) is 2.80. The van der Waals surface area contributed by atoms with Crippen LogP contribution in [0.3, 0.4) is 0 Å². The van der Waals surface area contributed by atoms with Crippen molar-refractivity contribution in [3.05, 3.63) is 53.6 Å². The molecule has 0 bridgehead atoms. The van der Waals surface area contributed by atoms with Crippen molar-refractivity contribution >= 4 is 0 Å². The van der Waals surface area contributed by atoms with E-state index in [1.165, 1.54) is 12.0 Å². The number of aryl methyl sites for hydroxylation is 1. The maximum absolute atomic E-state index is 5.70. The van der Waals surface area contributed by atoms with Gasteiger partial charge in [0.15, 0.2) is 5.82 Å². The number of rotatable bonds is 4. The van der Waals surface area contributed by atoms with Crippen LogP contribution in [0, 0.1) is 0 Å². The number of ether oxygens (including phenoxy) is 1. The Bertz CT molecular complexity index is 571. The van der Waals surface area contributed by atoms with Gasteiger partial charge in [-0.1, -0.05) is 18.2 Å². The van der Waals surface area contributed by atoms with Gasteiger partial charge < -0.3 is 10.1 Å². The van der Waals surface area contributed by atoms with E-state index in [9.17, 15) is 0 Å². The van der Waals surface area contributed by atoms with Crippen LogP contribution in [0.4, 0.5) is 0 Å². The van der Waals surface area contributed by atoms with Gasteiger partial charge in [0, 0.05) is 23.5 Å². The Kier molecular flexibility index (Phi) is 3.92. The van der Waals surface area contributed by atoms with E-state index < -0.39 is 0 Å². The highest BCUT2D eigenvalue weighted by Gasteiger charge is 2.20. The van der Waals surface area contributed by atoms with Crippen LogP contribution < -0.4 is 10.1 Å². The fourth-order valence-corrected chi connectivity index (χ4v) is 2.62. The molecule has 0 saturated heterocycles. The summed E-state index contributed by atoms with van der Waals surface area (Å²) in [6.45, 7) is 0.418. The fraction of sp³-hybridized carbons (Fsp3) is 0.375. The first-order valence-corrected chi connectivity index (χ1v) is 7.06. The zero-order valence-electron chi connectivity index (χ0n) is 11.7. The second-order valence-corrected chi connectivity index (χ2v) is 5.02. The Morgan fingerprint density at radius 3 is 2.95 bits per heavy atom. The first-order chi connectivity index (χ1) is 9.86. The summed E-state index contributed by atoms with van der Waals surface area (Å²) in [5, 5.41) is 3.33. The molecule has 4 nitrogen and oxygen atoms in total. The van der Waals surface area contributed by atoms with Crippen LogP contribution in [-0.2, 0) is 13.0 Å². The maximum Gasteiger partial charge on any atom is 0.166 e. The van der Waals surface area contributed by atoms with Gasteiger partial charge in [-0.25, -0.2) is 9.97 Å². The Morgan fingerprint density at radius 1 is 1.30 bits per heavy atom. The van der Waals surface area contributed by atoms with Gasteiger partial charge in [0.05, 0.1) is 0 Å². The molecule has 20 heavy (non-hydrogen) atoms. The van der Waals surface area contributed by atoms with Crippen LogP contribution in [0.25, 0.3) is 0 Å². The summed E-state index contributed by atoms with van der Waals surface area (Å²) in [7, 11) is 1.99. The molecule has 0 amide bonds. The van der Waals surface area contributed by atoms with Gasteiger partial charge in [0.2, 0.25) is 0 Å². The molecular formula is C16H19N3O. The monoisotopic (exact) mass is 269 g/mol. The van der Waals surface area contributed by atoms with E-state index in [2.05, 4.69) is 15.3 Å². The average Bonchev–Trinajstić information content (AvgIpc) is 2.53. The van der Waals surface area contributed by atoms with Gasteiger partial charge in [-0.05, 0) is 38.4 Å². The van der Waals surface area contributed by atoms with Gasteiger partial charge in [-0.2, -0.15) is 0 Å². The molecule has 1 heterocycles. The molecule has 0 radical (unpaired) electrons. The lowest BCUT2D eigenvalue weighted by molar-refractivity contribution is 0.294. The van der Waals surface area contributed by atoms with Crippen LogP contribution in [0.5, 0.6) is 5.75 Å². The number of fused-ring (bicyclic) bond motifs is 1. The molecule has 1 aliphatic carbocycles. The highest BCUT2D eigenvalue weighted by atomic mass is 16.5. The van der Waals surface area contributed by atoms with E-state index in [1.807, 2.05) is 43.6 Å². The Labute approximate surface area is 119 Å². The number of hydrogen-bond acceptors (Lipinski definition) is 4. The zero-order valence-corrected chi connectivity index (χ0v) is 11.7. The lowest BCUT2D eigenvalue weighted by atomic mass is 9.92. The quantitative estimate of drug-likeness (QED) is 0.927. The summed E-state index contributed by atoms with van der Waals surface area (Å²) in [6.07, 6.45) is 5.32. The average molecular weight is 269 g/mol. The molecular weight excluding hydrogens is 250 g/mol. The maximum atomic E-state index is 5.70. The van der Waals surface area contributed by atoms with Gasteiger partial charge in [0.25, 0.3) is 0 Å². The second-order valence-electron chi connectivity index (χ2n) is 5.02. The molecule has 1 N–H and O–H groups in total. The molecule has 1 atom stereocenters. The van der Waals surface area contributed by atoms with Gasteiger partial charge in [-0.15, -0.1) is 0 Å². The van der Waals surface area contributed by atoms with Crippen molar-refractivity contribution in [3.8, 4) is 5.75 Å². The second kappa shape index (κ2) is 6.01. The van der Waals surface area contributed by atoms with Crippen LogP contribution in [0.15, 0.2) is 36.5 Å². The highest BCUT2D eigenvalue weighted by molar-refractivity contribution is 5.25. The molecule has 1 aromatic heterocycles. The van der Waals surface area contributed by atoms with Crippen LogP contribution in [0.2, 0.25) is 0 Å². The van der Waals surface area contributed by atoms with E-state index >= 15 is 0 Å². The first kappa shape index (κ1) is 13.1. The van der Waals surface area contributed by atoms with Crippen LogP contribution in [0.1, 0.15) is 36.0 Å². The number of aromatic nitrogens is 2. The van der Waals surface area contributed by atoms with E-state index in [0.717, 1.165) is 30.1 Å². The molecule has 1 aliphatic rings. The number of nitrogens with one attached hydrogen (secondary N) is 1. The lowest BCUT2D eigenvalue weighted by Gasteiger charge is -2.24. The Balaban J connectivity index is 1.72. The van der Waals surface area contributed by atoms with Gasteiger partial charge in [-0.3, -0.25) is 0 Å². The molecule has 1 unspecified atom stereocenters. The topological polar surface area (TPSA) is 47.0 Å². The SMILES string of the molecule is CNC1CCCc2nc(COc3ccccc3)ncc21. The molecule has 3 rings (SSSR count). The third-order valence-corrected chi connectivity index (χ3v) is 3.69. The van der Waals surface area contributed by atoms with Crippen molar-refractivity contribution in [1.82, 2.24) is 15.3 Å². The van der Waals surface area contributed by atoms with E-state index in [-0.39, 0.29) is 0 Å². The number of hydrogen-bond donors (Lipinski definition) is 1. The predicted octanol–water partition coefficient (Wildman–Crippen LogP) is 2.65. The summed E-state index contributed by atoms with van der Waals surface area (Å²) < 4.78 is 5.70. The largest absolute Gasteiger partial charge is 0.486 e. The summed E-state index contributed by atoms with van der Waals surface area (Å²) in [4.78, 5) is 9.08. The van der Waals surface area contributed by atoms with E-state index in [4.69, 9.17) is 4.74 Å². The molecule has 2 aromatic rings. The summed E-state index contributed by atoms with van der Waals surface area (Å²) in [5.74, 6) is 1.60. The third-order valence-electron chi connectivity index (χ3n) is 3.69. The Hall–Kier alpha value is -1.94. The van der Waals surface area contributed by atoms with Crippen molar-refractivity contribution in [1.29, 1.82) is 0 Å². The normalized spacial score (nSPS) is 17.6. The fourth-order valence-electron chi connectivity index (χ4n) is 2.62. The van der Waals surface area contributed by atoms with E-state index in [1.54, 1.807) is 0 Å². The number of nitrogens with zero attached hydrogens (tertiary/aromatic N) is 2. The smallest absolute Gasteiger partial charge is 0.166 e. The minimum absolute atomic E-state index is 0.392. The lowest BCUT2D eigenvalue weighted by Crippen LogP contribution is -2.23. The van der Waals surface area contributed by atoms with Crippen molar-refractivity contribution < 1.29 is 4.74 Å². The molecule has 0 saturated carbocycles. The molecule has 0 spiro atoms. The molecule has 0 fully saturated rings. The van der Waals surface area contributed by atoms with Crippen molar-refractivity contribution in [2.45, 2.75) is 31.9 Å². The molecule has 4 heteroatoms. The van der Waals surface area contributed by atoms with Gasteiger partial charge in [0.1, 0.15) is 12.4 Å². The number of benzene rings is 1. The molecule has 0 aliphatic heterocycles. The standard InChI is InChI=1S/C16H19N3O/c1-17-14-8-5-9-15-13(14)10-18-16(19-15)11-20-12-6-3-2-4-7-12/h2-4,6-7,10,14,17H,5,8-9,11H2,1H3.